The molecule has 2 saturated heterocycles. The third kappa shape index (κ3) is 5.13. The molecule has 12 nitrogen and oxygen atoms in total. The summed E-state index contributed by atoms with van der Waals surface area (Å²) in [6, 6.07) is 20.5. The second-order valence-electron chi connectivity index (χ2n) is 11.1. The summed E-state index contributed by atoms with van der Waals surface area (Å²) in [5.41, 5.74) is 2.75. The van der Waals surface area contributed by atoms with Gasteiger partial charge in [-0.1, -0.05) is 60.7 Å². The van der Waals surface area contributed by atoms with Crippen molar-refractivity contribution in [2.75, 3.05) is 18.0 Å². The highest BCUT2D eigenvalue weighted by atomic mass is 35.5. The zero-order valence-electron chi connectivity index (χ0n) is 24.2. The second kappa shape index (κ2) is 11.5. The molecule has 2 aromatic heterocycles. The minimum atomic E-state index is -1.20. The molecule has 2 aromatic carbocycles. The van der Waals surface area contributed by atoms with Crippen LogP contribution in [0.4, 0.5) is 5.82 Å². The van der Waals surface area contributed by atoms with Gasteiger partial charge in [-0.25, -0.2) is 4.98 Å². The van der Waals surface area contributed by atoms with Crippen molar-refractivity contribution in [3.63, 3.8) is 0 Å². The number of imidazole rings is 1. The number of aromatic nitrogens is 4. The molecule has 0 saturated carbocycles. The maximum atomic E-state index is 12.1. The summed E-state index contributed by atoms with van der Waals surface area (Å²) in [6.07, 6.45) is -3.20. The van der Waals surface area contributed by atoms with Crippen molar-refractivity contribution in [2.45, 2.75) is 50.7 Å². The maximum absolute atomic E-state index is 12.1. The van der Waals surface area contributed by atoms with Gasteiger partial charge in [0.15, 0.2) is 35.4 Å². The van der Waals surface area contributed by atoms with Crippen molar-refractivity contribution in [1.82, 2.24) is 19.5 Å². The van der Waals surface area contributed by atoms with Crippen LogP contribution in [0, 0.1) is 5.92 Å². The smallest absolute Gasteiger partial charge is 0.309 e. The number of fused-ring (bicyclic) bond motifs is 1. The number of carboxylic acids is 1. The van der Waals surface area contributed by atoms with Gasteiger partial charge in [-0.05, 0) is 29.7 Å². The van der Waals surface area contributed by atoms with Gasteiger partial charge < -0.3 is 24.2 Å². The summed E-state index contributed by atoms with van der Waals surface area (Å²) >= 11 is 6.47. The molecule has 0 bridgehead atoms. The number of anilines is 1. The topological polar surface area (TPSA) is 146 Å². The van der Waals surface area contributed by atoms with Gasteiger partial charge in [0.2, 0.25) is 5.28 Å². The number of halogens is 1. The van der Waals surface area contributed by atoms with E-state index in [-0.39, 0.29) is 16.3 Å². The molecule has 2 aliphatic rings. The van der Waals surface area contributed by atoms with Gasteiger partial charge >= 0.3 is 17.9 Å². The van der Waals surface area contributed by atoms with E-state index in [1.807, 2.05) is 36.4 Å². The van der Waals surface area contributed by atoms with Gasteiger partial charge in [-0.3, -0.25) is 19.0 Å². The van der Waals surface area contributed by atoms with Crippen molar-refractivity contribution in [2.24, 2.45) is 5.92 Å². The van der Waals surface area contributed by atoms with E-state index in [1.54, 1.807) is 0 Å². The first-order valence-corrected chi connectivity index (χ1v) is 14.5. The number of carboxylic acid groups (broad SMARTS) is 1. The summed E-state index contributed by atoms with van der Waals surface area (Å²) in [5, 5.41) is 9.69. The number of benzene rings is 2. The Bertz CT molecular complexity index is 1670. The fourth-order valence-electron chi connectivity index (χ4n) is 6.16. The van der Waals surface area contributed by atoms with E-state index in [9.17, 15) is 19.5 Å². The van der Waals surface area contributed by atoms with Crippen molar-refractivity contribution in [3.8, 4) is 0 Å². The Hall–Kier alpha value is -4.55. The lowest BCUT2D eigenvalue weighted by molar-refractivity contribution is -0.166. The highest BCUT2D eigenvalue weighted by Gasteiger charge is 2.54. The molecular formula is C31H30ClN5O7. The molecule has 0 radical (unpaired) electrons. The van der Waals surface area contributed by atoms with Crippen LogP contribution in [-0.2, 0) is 34.0 Å². The number of rotatable bonds is 8. The van der Waals surface area contributed by atoms with Gasteiger partial charge in [-0.2, -0.15) is 9.97 Å². The van der Waals surface area contributed by atoms with Gasteiger partial charge in [0, 0.05) is 26.9 Å². The predicted molar refractivity (Wildman–Crippen MR) is 158 cm³/mol. The number of hydrogen-bond donors (Lipinski definition) is 1. The average Bonchev–Trinajstić information content (AvgIpc) is 3.53. The van der Waals surface area contributed by atoms with Crippen molar-refractivity contribution >= 4 is 46.5 Å². The van der Waals surface area contributed by atoms with Crippen LogP contribution >= 0.6 is 11.6 Å². The monoisotopic (exact) mass is 619 g/mol. The Morgan fingerprint density at radius 1 is 0.955 bits per heavy atom. The largest absolute Gasteiger partial charge is 0.481 e. The third-order valence-electron chi connectivity index (χ3n) is 8.24. The van der Waals surface area contributed by atoms with E-state index < -0.39 is 48.4 Å². The highest BCUT2D eigenvalue weighted by molar-refractivity contribution is 6.28. The fourth-order valence-corrected chi connectivity index (χ4v) is 6.32. The Morgan fingerprint density at radius 3 is 2.07 bits per heavy atom. The van der Waals surface area contributed by atoms with Crippen LogP contribution in [0.3, 0.4) is 0 Å². The first-order chi connectivity index (χ1) is 21.1. The van der Waals surface area contributed by atoms with Gasteiger partial charge in [0.1, 0.15) is 6.10 Å². The number of hydrogen-bond acceptors (Lipinski definition) is 10. The molecule has 13 heteroatoms. The Morgan fingerprint density at radius 2 is 1.52 bits per heavy atom. The summed E-state index contributed by atoms with van der Waals surface area (Å²) in [7, 11) is 0. The van der Waals surface area contributed by atoms with E-state index in [0.29, 0.717) is 24.4 Å². The summed E-state index contributed by atoms with van der Waals surface area (Å²) in [6.45, 7) is 5.01. The van der Waals surface area contributed by atoms with E-state index >= 15 is 0 Å². The van der Waals surface area contributed by atoms with Crippen LogP contribution in [0.5, 0.6) is 0 Å². The number of aliphatic carboxylic acids is 1. The quantitative estimate of drug-likeness (QED) is 0.227. The number of nitrogens with zero attached hydrogens (tertiary/aromatic N) is 5. The maximum Gasteiger partial charge on any atom is 0.309 e. The lowest BCUT2D eigenvalue weighted by Crippen LogP contribution is -2.60. The molecule has 44 heavy (non-hydrogen) atoms. The molecule has 2 fully saturated rings. The van der Waals surface area contributed by atoms with E-state index in [4.69, 9.17) is 25.8 Å². The van der Waals surface area contributed by atoms with E-state index in [2.05, 4.69) is 44.1 Å². The zero-order chi connectivity index (χ0) is 31.2. The molecule has 2 aliphatic heterocycles. The molecule has 0 spiro atoms. The third-order valence-corrected chi connectivity index (χ3v) is 8.40. The number of carbonyl (C=O) groups is 3. The fraction of sp³-hybridized carbons (Fsp3) is 0.355. The highest BCUT2D eigenvalue weighted by Crippen LogP contribution is 2.45. The average molecular weight is 620 g/mol. The Balaban J connectivity index is 1.39. The van der Waals surface area contributed by atoms with Gasteiger partial charge in [-0.15, -0.1) is 0 Å². The first kappa shape index (κ1) is 29.5. The molecule has 1 unspecified atom stereocenters. The van der Waals surface area contributed by atoms with Crippen molar-refractivity contribution < 1.29 is 33.7 Å². The molecule has 4 heterocycles. The van der Waals surface area contributed by atoms with Crippen LogP contribution in [0.1, 0.15) is 38.1 Å². The zero-order valence-corrected chi connectivity index (χ0v) is 24.9. The van der Waals surface area contributed by atoms with Crippen molar-refractivity contribution in [1.29, 1.82) is 0 Å². The summed E-state index contributed by atoms with van der Waals surface area (Å²) in [4.78, 5) is 51.7. The van der Waals surface area contributed by atoms with Crippen LogP contribution in [-0.4, -0.2) is 73.9 Å². The molecule has 0 aliphatic carbocycles. The summed E-state index contributed by atoms with van der Waals surface area (Å²) < 4.78 is 18.7. The molecule has 0 amide bonds. The summed E-state index contributed by atoms with van der Waals surface area (Å²) in [5.74, 6) is -3.11. The molecule has 6 rings (SSSR count). The number of esters is 2. The minimum Gasteiger partial charge on any atom is -0.481 e. The van der Waals surface area contributed by atoms with E-state index in [1.165, 1.54) is 42.8 Å². The van der Waals surface area contributed by atoms with Gasteiger partial charge in [0.25, 0.3) is 0 Å². The first-order valence-electron chi connectivity index (χ1n) is 14.1. The molecule has 4 aromatic rings. The molecular weight excluding hydrogens is 590 g/mol. The lowest BCUT2D eigenvalue weighted by atomic mass is 9.68. The predicted octanol–water partition coefficient (Wildman–Crippen LogP) is 3.77. The van der Waals surface area contributed by atoms with E-state index in [0.717, 1.165) is 0 Å². The number of ether oxygens (including phenoxy) is 3. The van der Waals surface area contributed by atoms with Crippen LogP contribution in [0.2, 0.25) is 5.28 Å². The standard InChI is InChI=1S/C31H30ClN5O7/c1-17(29(40)41)23-24(42-18(2)38)25(43-19(3)39)28(44-23)37-16-33-22-26(34-30(32)35-27(22)37)36-14-31(15-36,20-10-6-4-7-11-20)21-12-8-5-9-13-21/h4-13,16-17,23-25,28H,14-15H2,1-3H3,(H,40,41)/t17?,23-,24-,25-,28-/m1/s1. The minimum absolute atomic E-state index is 0.0415. The van der Waals surface area contributed by atoms with Crippen molar-refractivity contribution in [3.05, 3.63) is 83.4 Å². The van der Waals surface area contributed by atoms with Crippen LogP contribution in [0.25, 0.3) is 11.2 Å². The molecule has 1 N–H and O–H groups in total. The Labute approximate surface area is 257 Å². The second-order valence-corrected chi connectivity index (χ2v) is 11.4. The molecule has 228 valence electrons. The van der Waals surface area contributed by atoms with Crippen LogP contribution < -0.4 is 4.90 Å². The van der Waals surface area contributed by atoms with Gasteiger partial charge in [0.05, 0.1) is 17.7 Å². The van der Waals surface area contributed by atoms with Crippen LogP contribution in [0.15, 0.2) is 67.0 Å². The lowest BCUT2D eigenvalue weighted by Gasteiger charge is -2.51. The SMILES string of the molecule is CC(=O)O[C@@H]1[C@H](OC(C)=O)[C@@H](C(C)C(=O)O)O[C@H]1n1cnc2c(N3CC(c4ccccc4)(c4ccccc4)C3)nc(Cl)nc21. The number of carbonyl (C=O) groups excluding carboxylic acids is 2. The molecule has 5 atom stereocenters. The normalized spacial score (nSPS) is 23.1. The Kier molecular flexibility index (Phi) is 7.72.